The summed E-state index contributed by atoms with van der Waals surface area (Å²) < 4.78 is 0. The molecular weight excluding hydrogens is 759 g/mol. The SMILES string of the molecule is CC1(C)c2ccccc2-c2ccc(N(c3ccc4c(c3)C(C)(C)c3ccccc3-4)c3c(-c4ccccc4)cc(-c4ccc5ccccc5c4)cc3-c3cccc4ccccc34)cc21. The molecule has 12 rings (SSSR count). The number of anilines is 3. The minimum absolute atomic E-state index is 0.171. The molecular formula is C62H47N. The van der Waals surface area contributed by atoms with Crippen molar-refractivity contribution in [3.63, 3.8) is 0 Å². The molecule has 0 heterocycles. The fourth-order valence-corrected chi connectivity index (χ4v) is 11.0. The molecule has 0 atom stereocenters. The Morgan fingerprint density at radius 3 is 1.46 bits per heavy atom. The first-order chi connectivity index (χ1) is 30.8. The third-order valence-electron chi connectivity index (χ3n) is 14.2. The zero-order valence-electron chi connectivity index (χ0n) is 36.2. The first-order valence-electron chi connectivity index (χ1n) is 22.3. The molecule has 2 aliphatic carbocycles. The van der Waals surface area contributed by atoms with Crippen LogP contribution in [0.1, 0.15) is 49.9 Å². The molecule has 0 unspecified atom stereocenters. The molecule has 10 aromatic carbocycles. The van der Waals surface area contributed by atoms with E-state index in [-0.39, 0.29) is 10.8 Å². The van der Waals surface area contributed by atoms with Gasteiger partial charge in [0.25, 0.3) is 0 Å². The fraction of sp³-hybridized carbons (Fsp3) is 0.0968. The molecule has 0 aliphatic heterocycles. The van der Waals surface area contributed by atoms with Gasteiger partial charge in [0.2, 0.25) is 0 Å². The van der Waals surface area contributed by atoms with E-state index >= 15 is 0 Å². The van der Waals surface area contributed by atoms with Crippen molar-refractivity contribution in [2.75, 3.05) is 4.90 Å². The lowest BCUT2D eigenvalue weighted by molar-refractivity contribution is 0.660. The molecule has 0 aromatic heterocycles. The second kappa shape index (κ2) is 14.0. The highest BCUT2D eigenvalue weighted by molar-refractivity contribution is 6.07. The van der Waals surface area contributed by atoms with Crippen molar-refractivity contribution in [1.82, 2.24) is 0 Å². The van der Waals surface area contributed by atoms with Gasteiger partial charge in [-0.2, -0.15) is 0 Å². The summed E-state index contributed by atoms with van der Waals surface area (Å²) in [6.07, 6.45) is 0. The zero-order chi connectivity index (χ0) is 42.5. The molecule has 0 radical (unpaired) electrons. The highest BCUT2D eigenvalue weighted by Crippen LogP contribution is 2.56. The molecule has 0 bridgehead atoms. The summed E-state index contributed by atoms with van der Waals surface area (Å²) in [5, 5.41) is 4.92. The Morgan fingerprint density at radius 1 is 0.286 bits per heavy atom. The van der Waals surface area contributed by atoms with Crippen molar-refractivity contribution >= 4 is 38.6 Å². The monoisotopic (exact) mass is 805 g/mol. The maximum absolute atomic E-state index is 2.59. The smallest absolute Gasteiger partial charge is 0.0619 e. The van der Waals surface area contributed by atoms with E-state index in [4.69, 9.17) is 0 Å². The molecule has 0 amide bonds. The summed E-state index contributed by atoms with van der Waals surface area (Å²) in [5.41, 5.74) is 20.9. The van der Waals surface area contributed by atoms with Crippen LogP contribution in [0.25, 0.3) is 77.2 Å². The van der Waals surface area contributed by atoms with Crippen LogP contribution in [0, 0.1) is 0 Å². The van der Waals surface area contributed by atoms with E-state index < -0.39 is 0 Å². The van der Waals surface area contributed by atoms with Crippen LogP contribution in [0.5, 0.6) is 0 Å². The number of nitrogens with zero attached hydrogens (tertiary/aromatic N) is 1. The van der Waals surface area contributed by atoms with Crippen LogP contribution >= 0.6 is 0 Å². The van der Waals surface area contributed by atoms with Crippen molar-refractivity contribution in [3.05, 3.63) is 235 Å². The number of benzene rings is 10. The van der Waals surface area contributed by atoms with Crippen molar-refractivity contribution in [2.45, 2.75) is 38.5 Å². The van der Waals surface area contributed by atoms with Crippen LogP contribution in [0.15, 0.2) is 212 Å². The van der Waals surface area contributed by atoms with Gasteiger partial charge in [-0.3, -0.25) is 0 Å². The van der Waals surface area contributed by atoms with Crippen LogP contribution in [0.2, 0.25) is 0 Å². The second-order valence-corrected chi connectivity index (χ2v) is 18.5. The van der Waals surface area contributed by atoms with Gasteiger partial charge in [0.15, 0.2) is 0 Å². The molecule has 63 heavy (non-hydrogen) atoms. The quantitative estimate of drug-likeness (QED) is 0.162. The summed E-state index contributed by atoms with van der Waals surface area (Å²) in [4.78, 5) is 2.59. The van der Waals surface area contributed by atoms with Crippen molar-refractivity contribution in [3.8, 4) is 55.6 Å². The maximum atomic E-state index is 2.59. The Morgan fingerprint density at radius 2 is 0.794 bits per heavy atom. The van der Waals surface area contributed by atoms with E-state index in [1.807, 2.05) is 0 Å². The minimum Gasteiger partial charge on any atom is -0.309 e. The average Bonchev–Trinajstić information content (AvgIpc) is 3.70. The van der Waals surface area contributed by atoms with Gasteiger partial charge >= 0.3 is 0 Å². The van der Waals surface area contributed by atoms with E-state index in [2.05, 4.69) is 245 Å². The van der Waals surface area contributed by atoms with Crippen LogP contribution in [-0.4, -0.2) is 0 Å². The van der Waals surface area contributed by atoms with Crippen LogP contribution in [0.3, 0.4) is 0 Å². The normalized spacial score (nSPS) is 14.0. The third-order valence-corrected chi connectivity index (χ3v) is 14.2. The van der Waals surface area contributed by atoms with Gasteiger partial charge in [-0.05, 0) is 131 Å². The zero-order valence-corrected chi connectivity index (χ0v) is 36.2. The van der Waals surface area contributed by atoms with Gasteiger partial charge in [-0.15, -0.1) is 0 Å². The number of hydrogen-bond donors (Lipinski definition) is 0. The van der Waals surface area contributed by atoms with Crippen LogP contribution in [0.4, 0.5) is 17.1 Å². The van der Waals surface area contributed by atoms with Gasteiger partial charge in [0.1, 0.15) is 0 Å². The molecule has 1 nitrogen and oxygen atoms in total. The maximum Gasteiger partial charge on any atom is 0.0619 e. The summed E-state index contributed by atoms with van der Waals surface area (Å²) in [6.45, 7) is 9.54. The highest BCUT2D eigenvalue weighted by Gasteiger charge is 2.38. The lowest BCUT2D eigenvalue weighted by Crippen LogP contribution is -2.18. The largest absolute Gasteiger partial charge is 0.309 e. The van der Waals surface area contributed by atoms with E-state index in [9.17, 15) is 0 Å². The molecule has 0 N–H and O–H groups in total. The average molecular weight is 806 g/mol. The molecule has 0 fully saturated rings. The van der Waals surface area contributed by atoms with E-state index in [0.717, 1.165) is 17.1 Å². The lowest BCUT2D eigenvalue weighted by atomic mass is 9.81. The molecule has 10 aromatic rings. The highest BCUT2D eigenvalue weighted by atomic mass is 15.1. The molecule has 2 aliphatic rings. The first-order valence-corrected chi connectivity index (χ1v) is 22.3. The van der Waals surface area contributed by atoms with Gasteiger partial charge in [-0.25, -0.2) is 0 Å². The summed E-state index contributed by atoms with van der Waals surface area (Å²) in [6, 6.07) is 79.5. The topological polar surface area (TPSA) is 3.24 Å². The Kier molecular flexibility index (Phi) is 8.30. The number of hydrogen-bond acceptors (Lipinski definition) is 1. The molecule has 300 valence electrons. The summed E-state index contributed by atoms with van der Waals surface area (Å²) >= 11 is 0. The van der Waals surface area contributed by atoms with E-state index in [1.165, 1.54) is 99.4 Å². The van der Waals surface area contributed by atoms with E-state index in [1.54, 1.807) is 0 Å². The minimum atomic E-state index is -0.171. The van der Waals surface area contributed by atoms with Crippen LogP contribution < -0.4 is 4.90 Å². The van der Waals surface area contributed by atoms with Crippen LogP contribution in [-0.2, 0) is 10.8 Å². The standard InChI is InChI=1S/C62H47N/c1-61(2)56-27-14-12-24-50(56)52-33-31-46(38-58(52)61)63(47-32-34-53-51-25-13-15-28-57(51)62(3,4)59(53)39-47)60-54(42-18-6-5-7-19-42)36-45(44-30-29-40-17-8-9-21-43(40)35-44)37-55(60)49-26-16-22-41-20-10-11-23-48(41)49/h5-39H,1-4H3. The van der Waals surface area contributed by atoms with Crippen molar-refractivity contribution in [2.24, 2.45) is 0 Å². The van der Waals surface area contributed by atoms with E-state index in [0.29, 0.717) is 0 Å². The molecule has 1 heteroatoms. The Labute approximate surface area is 370 Å². The lowest BCUT2D eigenvalue weighted by Gasteiger charge is -2.33. The van der Waals surface area contributed by atoms with Gasteiger partial charge < -0.3 is 4.90 Å². The second-order valence-electron chi connectivity index (χ2n) is 18.5. The van der Waals surface area contributed by atoms with Crippen molar-refractivity contribution < 1.29 is 0 Å². The summed E-state index contributed by atoms with van der Waals surface area (Å²) in [7, 11) is 0. The Balaban J connectivity index is 1.20. The predicted molar refractivity (Wildman–Crippen MR) is 268 cm³/mol. The Bertz CT molecular complexity index is 3350. The third kappa shape index (κ3) is 5.76. The molecule has 0 saturated heterocycles. The Hall–Kier alpha value is -7.48. The van der Waals surface area contributed by atoms with Gasteiger partial charge in [-0.1, -0.05) is 198 Å². The first kappa shape index (κ1) is 37.3. The predicted octanol–water partition coefficient (Wildman–Crippen LogP) is 17.1. The van der Waals surface area contributed by atoms with Crippen molar-refractivity contribution in [1.29, 1.82) is 0 Å². The van der Waals surface area contributed by atoms with Gasteiger partial charge in [0.05, 0.1) is 5.69 Å². The van der Waals surface area contributed by atoms with Gasteiger partial charge in [0, 0.05) is 33.3 Å². The summed E-state index contributed by atoms with van der Waals surface area (Å²) in [5.74, 6) is 0. The number of fused-ring (bicyclic) bond motifs is 8. The number of rotatable bonds is 6. The fourth-order valence-electron chi connectivity index (χ4n) is 11.0. The molecule has 0 spiro atoms. The molecule has 0 saturated carbocycles.